The number of thioether (sulfide) groups is 1. The van der Waals surface area contributed by atoms with Crippen LogP contribution in [0.5, 0.6) is 0 Å². The summed E-state index contributed by atoms with van der Waals surface area (Å²) in [5.74, 6) is 1.86. The van der Waals surface area contributed by atoms with Gasteiger partial charge in [-0.15, -0.1) is 0 Å². The van der Waals surface area contributed by atoms with Crippen LogP contribution in [-0.2, 0) is 9.53 Å². The molecule has 1 unspecified atom stereocenters. The second-order valence-corrected chi connectivity index (χ2v) is 6.18. The smallest absolute Gasteiger partial charge is 0.225 e. The lowest BCUT2D eigenvalue weighted by molar-refractivity contribution is -0.115. The highest BCUT2D eigenvalue weighted by Gasteiger charge is 2.15. The molecule has 110 valence electrons. The quantitative estimate of drug-likeness (QED) is 0.625. The van der Waals surface area contributed by atoms with Gasteiger partial charge in [0.2, 0.25) is 5.91 Å². The van der Waals surface area contributed by atoms with E-state index in [2.05, 4.69) is 5.32 Å². The lowest BCUT2D eigenvalue weighted by Gasteiger charge is -2.11. The Morgan fingerprint density at radius 2 is 2.40 bits per heavy atom. The van der Waals surface area contributed by atoms with E-state index < -0.39 is 0 Å². The van der Waals surface area contributed by atoms with Crippen LogP contribution in [0, 0.1) is 6.92 Å². The molecule has 1 aromatic rings. The summed E-state index contributed by atoms with van der Waals surface area (Å²) in [4.78, 5) is 11.9. The molecule has 0 radical (unpaired) electrons. The first kappa shape index (κ1) is 15.2. The Bertz CT molecular complexity index is 459. The third kappa shape index (κ3) is 4.42. The van der Waals surface area contributed by atoms with Gasteiger partial charge in [0.25, 0.3) is 0 Å². The number of carbonyl (C=O) groups is 1. The molecule has 20 heavy (non-hydrogen) atoms. The molecule has 1 aliphatic rings. The zero-order valence-electron chi connectivity index (χ0n) is 11.9. The number of ether oxygens (including phenoxy) is 1. The molecule has 1 aliphatic heterocycles. The van der Waals surface area contributed by atoms with E-state index in [1.165, 1.54) is 6.42 Å². The maximum absolute atomic E-state index is 11.9. The van der Waals surface area contributed by atoms with Crippen molar-refractivity contribution < 1.29 is 9.53 Å². The average Bonchev–Trinajstić information content (AvgIpc) is 2.93. The summed E-state index contributed by atoms with van der Waals surface area (Å²) in [5, 5.41) is 2.92. The van der Waals surface area contributed by atoms with Gasteiger partial charge in [0, 0.05) is 35.9 Å². The van der Waals surface area contributed by atoms with Crippen LogP contribution in [0.4, 0.5) is 11.4 Å². The van der Waals surface area contributed by atoms with Crippen LogP contribution in [0.1, 0.15) is 24.8 Å². The molecule has 1 amide bonds. The number of nitrogens with one attached hydrogen (secondary N) is 1. The van der Waals surface area contributed by atoms with Crippen molar-refractivity contribution in [3.05, 3.63) is 23.8 Å². The maximum atomic E-state index is 11.9. The van der Waals surface area contributed by atoms with Crippen LogP contribution < -0.4 is 11.1 Å². The van der Waals surface area contributed by atoms with Crippen LogP contribution >= 0.6 is 11.8 Å². The van der Waals surface area contributed by atoms with Crippen molar-refractivity contribution in [3.63, 3.8) is 0 Å². The van der Waals surface area contributed by atoms with Gasteiger partial charge in [-0.2, -0.15) is 11.8 Å². The fraction of sp³-hybridized carbons (Fsp3) is 0.533. The molecule has 0 aliphatic carbocycles. The number of carbonyl (C=O) groups excluding carboxylic acids is 1. The van der Waals surface area contributed by atoms with Crippen molar-refractivity contribution in [3.8, 4) is 0 Å². The number of nitrogens with two attached hydrogens (primary N) is 1. The number of amides is 1. The zero-order valence-corrected chi connectivity index (χ0v) is 12.7. The topological polar surface area (TPSA) is 64.3 Å². The molecule has 3 N–H and O–H groups in total. The highest BCUT2D eigenvalue weighted by molar-refractivity contribution is 7.99. The van der Waals surface area contributed by atoms with Gasteiger partial charge >= 0.3 is 0 Å². The molecule has 0 aromatic heterocycles. The van der Waals surface area contributed by atoms with E-state index in [4.69, 9.17) is 10.5 Å². The van der Waals surface area contributed by atoms with Gasteiger partial charge in [-0.3, -0.25) is 4.79 Å². The number of benzene rings is 1. The average molecular weight is 294 g/mol. The third-order valence-electron chi connectivity index (χ3n) is 3.45. The highest BCUT2D eigenvalue weighted by atomic mass is 32.2. The van der Waals surface area contributed by atoms with Crippen molar-refractivity contribution in [1.29, 1.82) is 0 Å². The summed E-state index contributed by atoms with van der Waals surface area (Å²) < 4.78 is 5.55. The van der Waals surface area contributed by atoms with Crippen LogP contribution in [-0.4, -0.2) is 30.1 Å². The molecule has 0 spiro atoms. The SMILES string of the molecule is Cc1c(N)cccc1NC(=O)CCSCC1CCCO1. The summed E-state index contributed by atoms with van der Waals surface area (Å²) in [6.45, 7) is 2.80. The van der Waals surface area contributed by atoms with Gasteiger partial charge in [-0.25, -0.2) is 0 Å². The molecule has 4 nitrogen and oxygen atoms in total. The maximum Gasteiger partial charge on any atom is 0.225 e. The minimum atomic E-state index is 0.0403. The summed E-state index contributed by atoms with van der Waals surface area (Å²) in [7, 11) is 0. The molecule has 1 fully saturated rings. The zero-order chi connectivity index (χ0) is 14.4. The summed E-state index contributed by atoms with van der Waals surface area (Å²) in [5.41, 5.74) is 8.25. The van der Waals surface area contributed by atoms with Gasteiger partial charge in [0.1, 0.15) is 0 Å². The van der Waals surface area contributed by atoms with E-state index in [1.54, 1.807) is 11.8 Å². The number of hydrogen-bond acceptors (Lipinski definition) is 4. The Morgan fingerprint density at radius 3 is 3.15 bits per heavy atom. The van der Waals surface area contributed by atoms with Crippen molar-refractivity contribution in [2.45, 2.75) is 32.3 Å². The molecule has 5 heteroatoms. The van der Waals surface area contributed by atoms with Crippen LogP contribution in [0.3, 0.4) is 0 Å². The first-order valence-electron chi connectivity index (χ1n) is 7.01. The largest absolute Gasteiger partial charge is 0.398 e. The van der Waals surface area contributed by atoms with E-state index >= 15 is 0 Å². The monoisotopic (exact) mass is 294 g/mol. The first-order chi connectivity index (χ1) is 9.66. The summed E-state index contributed by atoms with van der Waals surface area (Å²) in [6.07, 6.45) is 3.23. The molecule has 1 saturated heterocycles. The minimum Gasteiger partial charge on any atom is -0.398 e. The van der Waals surface area contributed by atoms with E-state index in [1.807, 2.05) is 25.1 Å². The van der Waals surface area contributed by atoms with E-state index in [-0.39, 0.29) is 5.91 Å². The second-order valence-electron chi connectivity index (χ2n) is 5.03. The Balaban J connectivity index is 1.68. The summed E-state index contributed by atoms with van der Waals surface area (Å²) in [6, 6.07) is 5.57. The molecule has 0 bridgehead atoms. The standard InChI is InChI=1S/C15H22N2O2S/c1-11-13(16)5-2-6-14(11)17-15(18)7-9-20-10-12-4-3-8-19-12/h2,5-6,12H,3-4,7-10,16H2,1H3,(H,17,18). The van der Waals surface area contributed by atoms with Crippen molar-refractivity contribution in [2.24, 2.45) is 0 Å². The predicted octanol–water partition coefficient (Wildman–Crippen LogP) is 2.82. The fourth-order valence-electron chi connectivity index (χ4n) is 2.16. The molecular formula is C15H22N2O2S. The summed E-state index contributed by atoms with van der Waals surface area (Å²) >= 11 is 1.79. The number of anilines is 2. The van der Waals surface area contributed by atoms with E-state index in [9.17, 15) is 4.79 Å². The normalized spacial score (nSPS) is 18.1. The number of rotatable bonds is 6. The Hall–Kier alpha value is -1.20. The molecule has 1 atom stereocenters. The van der Waals surface area contributed by atoms with Crippen molar-refractivity contribution >= 4 is 29.0 Å². The van der Waals surface area contributed by atoms with Crippen LogP contribution in [0.25, 0.3) is 0 Å². The predicted molar refractivity (Wildman–Crippen MR) is 85.1 cm³/mol. The van der Waals surface area contributed by atoms with Gasteiger partial charge in [0.15, 0.2) is 0 Å². The van der Waals surface area contributed by atoms with Gasteiger partial charge in [-0.1, -0.05) is 6.07 Å². The second kappa shape index (κ2) is 7.55. The van der Waals surface area contributed by atoms with Crippen molar-refractivity contribution in [1.82, 2.24) is 0 Å². The fourth-order valence-corrected chi connectivity index (χ4v) is 3.18. The van der Waals surface area contributed by atoms with Crippen LogP contribution in [0.2, 0.25) is 0 Å². The lowest BCUT2D eigenvalue weighted by Crippen LogP contribution is -2.14. The minimum absolute atomic E-state index is 0.0403. The molecular weight excluding hydrogens is 272 g/mol. The molecule has 1 heterocycles. The van der Waals surface area contributed by atoms with E-state index in [0.717, 1.165) is 35.8 Å². The third-order valence-corrected chi connectivity index (χ3v) is 4.55. The van der Waals surface area contributed by atoms with E-state index in [0.29, 0.717) is 18.2 Å². The molecule has 1 aromatic carbocycles. The number of hydrogen-bond donors (Lipinski definition) is 2. The molecule has 0 saturated carbocycles. The molecule has 2 rings (SSSR count). The van der Waals surface area contributed by atoms with Gasteiger partial charge < -0.3 is 15.8 Å². The number of nitrogen functional groups attached to an aromatic ring is 1. The van der Waals surface area contributed by atoms with Gasteiger partial charge in [0.05, 0.1) is 6.10 Å². The van der Waals surface area contributed by atoms with Crippen LogP contribution in [0.15, 0.2) is 18.2 Å². The Morgan fingerprint density at radius 1 is 1.55 bits per heavy atom. The highest BCUT2D eigenvalue weighted by Crippen LogP contribution is 2.21. The first-order valence-corrected chi connectivity index (χ1v) is 8.16. The van der Waals surface area contributed by atoms with Crippen molar-refractivity contribution in [2.75, 3.05) is 29.2 Å². The lowest BCUT2D eigenvalue weighted by atomic mass is 10.1. The Labute approximate surface area is 124 Å². The van der Waals surface area contributed by atoms with Gasteiger partial charge in [-0.05, 0) is 37.5 Å². The Kier molecular flexibility index (Phi) is 5.73.